The fraction of sp³-hybridized carbons (Fsp3) is 0.174. The van der Waals surface area contributed by atoms with Gasteiger partial charge in [-0.05, 0) is 32.9 Å². The second kappa shape index (κ2) is 6.60. The number of benzene rings is 2. The van der Waals surface area contributed by atoms with Gasteiger partial charge in [-0.3, -0.25) is 9.59 Å². The predicted octanol–water partition coefficient (Wildman–Crippen LogP) is 4.05. The number of esters is 1. The van der Waals surface area contributed by atoms with E-state index in [0.717, 1.165) is 11.3 Å². The van der Waals surface area contributed by atoms with E-state index in [4.69, 9.17) is 4.74 Å². The molecule has 5 nitrogen and oxygen atoms in total. The second-order valence-electron chi connectivity index (χ2n) is 6.78. The maximum absolute atomic E-state index is 13.3. The van der Waals surface area contributed by atoms with E-state index in [2.05, 4.69) is 0 Å². The first-order valence-electron chi connectivity index (χ1n) is 9.13. The van der Waals surface area contributed by atoms with Gasteiger partial charge in [0.25, 0.3) is 0 Å². The highest BCUT2D eigenvalue weighted by molar-refractivity contribution is 6.30. The van der Waals surface area contributed by atoms with Gasteiger partial charge in [0.15, 0.2) is 5.78 Å². The highest BCUT2D eigenvalue weighted by Crippen LogP contribution is 2.35. The third-order valence-electron chi connectivity index (χ3n) is 5.04. The Morgan fingerprint density at radius 3 is 2.14 bits per heavy atom. The summed E-state index contributed by atoms with van der Waals surface area (Å²) in [5, 5.41) is 0. The van der Waals surface area contributed by atoms with Crippen molar-refractivity contribution in [2.75, 3.05) is 6.61 Å². The molecule has 0 bridgehead atoms. The summed E-state index contributed by atoms with van der Waals surface area (Å²) < 4.78 is 6.89. The third-order valence-corrected chi connectivity index (χ3v) is 5.04. The van der Waals surface area contributed by atoms with Gasteiger partial charge in [-0.1, -0.05) is 42.0 Å². The standard InChI is InChI=1S/C23H19NO4/c1-4-28-23(27)18-14(3)24(15-11-9-13(2)10-12-15)20-19(18)21(25)16-7-5-6-8-17(16)22(20)26/h5-12H,4H2,1-3H3. The summed E-state index contributed by atoms with van der Waals surface area (Å²) in [6.07, 6.45) is 0. The van der Waals surface area contributed by atoms with E-state index >= 15 is 0 Å². The molecule has 0 amide bonds. The number of hydrogen-bond acceptors (Lipinski definition) is 4. The van der Waals surface area contributed by atoms with E-state index in [9.17, 15) is 14.4 Å². The molecule has 0 atom stereocenters. The number of fused-ring (bicyclic) bond motifs is 2. The summed E-state index contributed by atoms with van der Waals surface area (Å²) in [7, 11) is 0. The molecule has 2 aromatic carbocycles. The first kappa shape index (κ1) is 17.9. The van der Waals surface area contributed by atoms with E-state index in [1.54, 1.807) is 42.7 Å². The molecule has 140 valence electrons. The predicted molar refractivity (Wildman–Crippen MR) is 105 cm³/mol. The molecule has 0 unspecified atom stereocenters. The number of rotatable bonds is 3. The van der Waals surface area contributed by atoms with Crippen molar-refractivity contribution >= 4 is 17.5 Å². The van der Waals surface area contributed by atoms with Crippen molar-refractivity contribution in [1.29, 1.82) is 0 Å². The summed E-state index contributed by atoms with van der Waals surface area (Å²) in [4.78, 5) is 39.3. The Labute approximate surface area is 162 Å². The Hall–Kier alpha value is -3.47. The number of aromatic nitrogens is 1. The van der Waals surface area contributed by atoms with Crippen LogP contribution >= 0.6 is 0 Å². The minimum absolute atomic E-state index is 0.125. The fourth-order valence-electron chi connectivity index (χ4n) is 3.74. The molecule has 1 heterocycles. The molecule has 0 spiro atoms. The van der Waals surface area contributed by atoms with E-state index in [-0.39, 0.29) is 35.0 Å². The van der Waals surface area contributed by atoms with Gasteiger partial charge in [0, 0.05) is 22.5 Å². The molecule has 1 aliphatic rings. The minimum atomic E-state index is -0.595. The SMILES string of the molecule is CCOC(=O)c1c2c(n(-c3ccc(C)cc3)c1C)C(=O)c1ccccc1C2=O. The molecule has 0 saturated carbocycles. The summed E-state index contributed by atoms with van der Waals surface area (Å²) in [6.45, 7) is 5.59. The van der Waals surface area contributed by atoms with Crippen LogP contribution in [0.15, 0.2) is 48.5 Å². The quantitative estimate of drug-likeness (QED) is 0.508. The zero-order chi connectivity index (χ0) is 20.0. The van der Waals surface area contributed by atoms with Gasteiger partial charge in [-0.2, -0.15) is 0 Å². The number of nitrogens with zero attached hydrogens (tertiary/aromatic N) is 1. The molecule has 0 aliphatic heterocycles. The van der Waals surface area contributed by atoms with Crippen LogP contribution in [-0.4, -0.2) is 28.7 Å². The van der Waals surface area contributed by atoms with Crippen molar-refractivity contribution in [2.24, 2.45) is 0 Å². The van der Waals surface area contributed by atoms with Crippen LogP contribution in [0.3, 0.4) is 0 Å². The summed E-state index contributed by atoms with van der Waals surface area (Å²) in [6, 6.07) is 14.3. The van der Waals surface area contributed by atoms with Gasteiger partial charge >= 0.3 is 5.97 Å². The van der Waals surface area contributed by atoms with Crippen molar-refractivity contribution in [1.82, 2.24) is 4.57 Å². The van der Waals surface area contributed by atoms with Crippen LogP contribution in [0.4, 0.5) is 0 Å². The van der Waals surface area contributed by atoms with Gasteiger partial charge in [0.1, 0.15) is 5.69 Å². The van der Waals surface area contributed by atoms with Crippen LogP contribution in [-0.2, 0) is 4.74 Å². The Bertz CT molecular complexity index is 1140. The molecule has 1 aromatic heterocycles. The number of ether oxygens (including phenoxy) is 1. The van der Waals surface area contributed by atoms with Crippen LogP contribution < -0.4 is 0 Å². The number of ketones is 2. The van der Waals surface area contributed by atoms with Crippen LogP contribution in [0.25, 0.3) is 5.69 Å². The molecular weight excluding hydrogens is 354 g/mol. The van der Waals surface area contributed by atoms with Crippen molar-refractivity contribution < 1.29 is 19.1 Å². The van der Waals surface area contributed by atoms with E-state index in [0.29, 0.717) is 16.8 Å². The van der Waals surface area contributed by atoms with E-state index < -0.39 is 5.97 Å². The zero-order valence-electron chi connectivity index (χ0n) is 15.9. The fourth-order valence-corrected chi connectivity index (χ4v) is 3.74. The lowest BCUT2D eigenvalue weighted by molar-refractivity contribution is 0.0523. The lowest BCUT2D eigenvalue weighted by Gasteiger charge is -2.18. The average molecular weight is 373 g/mol. The van der Waals surface area contributed by atoms with Gasteiger partial charge in [-0.25, -0.2) is 4.79 Å². The van der Waals surface area contributed by atoms with Crippen molar-refractivity contribution in [2.45, 2.75) is 20.8 Å². The summed E-state index contributed by atoms with van der Waals surface area (Å²) in [5.41, 5.74) is 3.46. The molecule has 0 saturated heterocycles. The second-order valence-corrected chi connectivity index (χ2v) is 6.78. The maximum atomic E-state index is 13.3. The van der Waals surface area contributed by atoms with Crippen molar-refractivity contribution in [3.63, 3.8) is 0 Å². The number of carbonyl (C=O) groups is 3. The van der Waals surface area contributed by atoms with Crippen molar-refractivity contribution in [3.8, 4) is 5.69 Å². The highest BCUT2D eigenvalue weighted by Gasteiger charge is 2.39. The normalized spacial score (nSPS) is 12.5. The Kier molecular flexibility index (Phi) is 4.23. The van der Waals surface area contributed by atoms with E-state index in [1.165, 1.54) is 0 Å². The van der Waals surface area contributed by atoms with Crippen LogP contribution in [0.5, 0.6) is 0 Å². The van der Waals surface area contributed by atoms with Gasteiger partial charge in [-0.15, -0.1) is 0 Å². The van der Waals surface area contributed by atoms with Gasteiger partial charge in [0.2, 0.25) is 5.78 Å². The monoisotopic (exact) mass is 373 g/mol. The molecule has 4 rings (SSSR count). The molecule has 1 aliphatic carbocycles. The maximum Gasteiger partial charge on any atom is 0.340 e. The van der Waals surface area contributed by atoms with Gasteiger partial charge < -0.3 is 9.30 Å². The van der Waals surface area contributed by atoms with Crippen molar-refractivity contribution in [3.05, 3.63) is 87.7 Å². The van der Waals surface area contributed by atoms with Crippen LogP contribution in [0.2, 0.25) is 0 Å². The average Bonchev–Trinajstić information content (AvgIpc) is 3.00. The van der Waals surface area contributed by atoms with Crippen LogP contribution in [0.1, 0.15) is 60.5 Å². The minimum Gasteiger partial charge on any atom is -0.462 e. The summed E-state index contributed by atoms with van der Waals surface area (Å²) in [5.74, 6) is -1.20. The molecule has 0 radical (unpaired) electrons. The van der Waals surface area contributed by atoms with Gasteiger partial charge in [0.05, 0.1) is 17.7 Å². The molecule has 28 heavy (non-hydrogen) atoms. The lowest BCUT2D eigenvalue weighted by Crippen LogP contribution is -2.23. The highest BCUT2D eigenvalue weighted by atomic mass is 16.5. The lowest BCUT2D eigenvalue weighted by atomic mass is 9.86. The number of aryl methyl sites for hydroxylation is 1. The Balaban J connectivity index is 2.07. The van der Waals surface area contributed by atoms with E-state index in [1.807, 2.05) is 31.2 Å². The van der Waals surface area contributed by atoms with Crippen LogP contribution in [0, 0.1) is 13.8 Å². The molecular formula is C23H19NO4. The molecule has 5 heteroatoms. The zero-order valence-corrected chi connectivity index (χ0v) is 15.9. The third kappa shape index (κ3) is 2.51. The smallest absolute Gasteiger partial charge is 0.340 e. The largest absolute Gasteiger partial charge is 0.462 e. The molecule has 3 aromatic rings. The Morgan fingerprint density at radius 2 is 1.54 bits per heavy atom. The number of hydrogen-bond donors (Lipinski definition) is 0. The first-order chi connectivity index (χ1) is 13.5. The number of carbonyl (C=O) groups excluding carboxylic acids is 3. The topological polar surface area (TPSA) is 65.4 Å². The Morgan fingerprint density at radius 1 is 0.929 bits per heavy atom. The molecule has 0 fully saturated rings. The summed E-state index contributed by atoms with van der Waals surface area (Å²) >= 11 is 0. The first-order valence-corrected chi connectivity index (χ1v) is 9.13. The molecule has 0 N–H and O–H groups in total.